The summed E-state index contributed by atoms with van der Waals surface area (Å²) < 4.78 is 0. The molecule has 0 radical (unpaired) electrons. The molecule has 2 aliphatic rings. The van der Waals surface area contributed by atoms with Gasteiger partial charge in [-0.3, -0.25) is 25.0 Å². The summed E-state index contributed by atoms with van der Waals surface area (Å²) in [6.07, 6.45) is 0.514. The van der Waals surface area contributed by atoms with Gasteiger partial charge in [0, 0.05) is 39.2 Å². The Bertz CT molecular complexity index is 1350. The van der Waals surface area contributed by atoms with Crippen molar-refractivity contribution in [3.63, 3.8) is 0 Å². The van der Waals surface area contributed by atoms with E-state index >= 15 is 0 Å². The van der Waals surface area contributed by atoms with Crippen LogP contribution >= 0.6 is 11.6 Å². The summed E-state index contributed by atoms with van der Waals surface area (Å²) in [5, 5.41) is 13.0. The molecule has 1 heterocycles. The fraction of sp³-hybridized carbons (Fsp3) is 0.0800. The second kappa shape index (κ2) is 7.75. The average Bonchev–Trinajstić information content (AvgIpc) is 3.09. The summed E-state index contributed by atoms with van der Waals surface area (Å²) in [6, 6.07) is 18.9. The normalized spacial score (nSPS) is 17.6. The molecule has 7 heteroatoms. The fourth-order valence-electron chi connectivity index (χ4n) is 4.01. The van der Waals surface area contributed by atoms with Gasteiger partial charge in [0.15, 0.2) is 17.8 Å². The lowest BCUT2D eigenvalue weighted by Crippen LogP contribution is -2.39. The highest BCUT2D eigenvalue weighted by molar-refractivity contribution is 6.31. The highest BCUT2D eigenvalue weighted by atomic mass is 35.5. The number of halogens is 1. The second-order valence-electron chi connectivity index (χ2n) is 7.58. The number of anilines is 1. The van der Waals surface area contributed by atoms with E-state index in [0.717, 1.165) is 0 Å². The summed E-state index contributed by atoms with van der Waals surface area (Å²) in [4.78, 5) is 30.6. The predicted octanol–water partition coefficient (Wildman–Crippen LogP) is 4.43. The molecule has 1 aliphatic heterocycles. The number of hydrazine groups is 1. The molecule has 0 spiro atoms. The first-order valence-corrected chi connectivity index (χ1v) is 10.4. The molecule has 0 aromatic heterocycles. The van der Waals surface area contributed by atoms with E-state index in [1.807, 2.05) is 13.0 Å². The third-order valence-corrected chi connectivity index (χ3v) is 5.84. The number of aliphatic imine (C=N–C) groups is 1. The van der Waals surface area contributed by atoms with Gasteiger partial charge < -0.3 is 5.11 Å². The van der Waals surface area contributed by atoms with Crippen LogP contribution in [-0.2, 0) is 0 Å². The SMILES string of the molecule is CC1=C(C=Nc2cccc3c2C(=O)c2ccccc2C3=O)C(O)N(c2cccc(Cl)c2)N1. The number of allylic oxidation sites excluding steroid dienone is 1. The third kappa shape index (κ3) is 3.21. The van der Waals surface area contributed by atoms with Crippen LogP contribution in [0, 0.1) is 0 Å². The van der Waals surface area contributed by atoms with Crippen LogP contribution in [0.5, 0.6) is 0 Å². The van der Waals surface area contributed by atoms with Gasteiger partial charge in [-0.05, 0) is 31.2 Å². The smallest absolute Gasteiger partial charge is 0.196 e. The Morgan fingerprint density at radius 2 is 1.66 bits per heavy atom. The minimum Gasteiger partial charge on any atom is -0.368 e. The molecule has 0 amide bonds. The Kier molecular flexibility index (Phi) is 4.89. The molecule has 0 fully saturated rings. The monoisotopic (exact) mass is 443 g/mol. The number of aliphatic hydroxyl groups is 1. The van der Waals surface area contributed by atoms with Crippen LogP contribution in [0.4, 0.5) is 11.4 Å². The molecular weight excluding hydrogens is 426 g/mol. The predicted molar refractivity (Wildman–Crippen MR) is 124 cm³/mol. The van der Waals surface area contributed by atoms with Crippen LogP contribution in [0.2, 0.25) is 5.02 Å². The minimum absolute atomic E-state index is 0.197. The van der Waals surface area contributed by atoms with Gasteiger partial charge >= 0.3 is 0 Å². The Labute approximate surface area is 189 Å². The van der Waals surface area contributed by atoms with E-state index in [1.165, 1.54) is 6.21 Å². The maximum Gasteiger partial charge on any atom is 0.196 e. The van der Waals surface area contributed by atoms with Crippen LogP contribution in [0.25, 0.3) is 0 Å². The van der Waals surface area contributed by atoms with Gasteiger partial charge in [-0.25, -0.2) is 0 Å². The van der Waals surface area contributed by atoms with E-state index in [1.54, 1.807) is 65.7 Å². The van der Waals surface area contributed by atoms with E-state index in [0.29, 0.717) is 44.4 Å². The van der Waals surface area contributed by atoms with Gasteiger partial charge in [-0.1, -0.05) is 54.1 Å². The van der Waals surface area contributed by atoms with Crippen molar-refractivity contribution in [2.24, 2.45) is 4.99 Å². The molecule has 1 unspecified atom stereocenters. The maximum atomic E-state index is 13.1. The number of fused-ring (bicyclic) bond motifs is 2. The van der Waals surface area contributed by atoms with Crippen LogP contribution < -0.4 is 10.4 Å². The standard InChI is InChI=1S/C25H18ClN3O3/c1-14-20(25(32)29(28-14)16-7-4-6-15(26)12-16)13-27-21-11-5-10-19-22(21)24(31)18-9-3-2-8-17(18)23(19)30/h2-13,25,28,32H,1H3. The molecule has 1 atom stereocenters. The number of hydrogen-bond acceptors (Lipinski definition) is 6. The maximum absolute atomic E-state index is 13.1. The van der Waals surface area contributed by atoms with Gasteiger partial charge in [0.1, 0.15) is 0 Å². The first kappa shape index (κ1) is 20.2. The lowest BCUT2D eigenvalue weighted by atomic mass is 9.83. The first-order chi connectivity index (χ1) is 15.5. The molecule has 32 heavy (non-hydrogen) atoms. The number of nitrogens with zero attached hydrogens (tertiary/aromatic N) is 2. The van der Waals surface area contributed by atoms with Crippen LogP contribution in [0.15, 0.2) is 83.0 Å². The molecule has 6 nitrogen and oxygen atoms in total. The molecule has 0 saturated carbocycles. The number of ketones is 2. The lowest BCUT2D eigenvalue weighted by Gasteiger charge is -2.24. The van der Waals surface area contributed by atoms with Crippen LogP contribution in [0.1, 0.15) is 38.8 Å². The zero-order chi connectivity index (χ0) is 22.4. The fourth-order valence-corrected chi connectivity index (χ4v) is 4.19. The average molecular weight is 444 g/mol. The molecule has 0 saturated heterocycles. The number of rotatable bonds is 3. The van der Waals surface area contributed by atoms with Gasteiger partial charge in [0.05, 0.1) is 16.9 Å². The zero-order valence-electron chi connectivity index (χ0n) is 17.0. The molecule has 5 rings (SSSR count). The van der Waals surface area contributed by atoms with E-state index < -0.39 is 6.23 Å². The molecule has 1 aliphatic carbocycles. The largest absolute Gasteiger partial charge is 0.368 e. The quantitative estimate of drug-likeness (QED) is 0.457. The molecule has 3 aromatic carbocycles. The minimum atomic E-state index is -1.00. The highest BCUT2D eigenvalue weighted by Crippen LogP contribution is 2.34. The van der Waals surface area contributed by atoms with Crippen molar-refractivity contribution < 1.29 is 14.7 Å². The summed E-state index contributed by atoms with van der Waals surface area (Å²) in [7, 11) is 0. The van der Waals surface area contributed by atoms with E-state index in [9.17, 15) is 14.7 Å². The molecule has 2 N–H and O–H groups in total. The summed E-state index contributed by atoms with van der Waals surface area (Å²) in [5.74, 6) is -0.434. The number of nitrogens with one attached hydrogen (secondary N) is 1. The lowest BCUT2D eigenvalue weighted by molar-refractivity contribution is 0.0979. The van der Waals surface area contributed by atoms with Crippen molar-refractivity contribution in [1.82, 2.24) is 5.43 Å². The van der Waals surface area contributed by atoms with Crippen molar-refractivity contribution in [3.05, 3.63) is 105 Å². The van der Waals surface area contributed by atoms with Gasteiger partial charge in [0.25, 0.3) is 0 Å². The Morgan fingerprint density at radius 3 is 2.41 bits per heavy atom. The third-order valence-electron chi connectivity index (χ3n) is 5.60. The van der Waals surface area contributed by atoms with Crippen molar-refractivity contribution in [2.45, 2.75) is 13.2 Å². The summed E-state index contributed by atoms with van der Waals surface area (Å²) >= 11 is 6.08. The Morgan fingerprint density at radius 1 is 0.969 bits per heavy atom. The van der Waals surface area contributed by atoms with E-state index in [-0.39, 0.29) is 17.1 Å². The summed E-state index contributed by atoms with van der Waals surface area (Å²) in [5.41, 5.74) is 6.82. The zero-order valence-corrected chi connectivity index (χ0v) is 17.8. The number of hydrogen-bond donors (Lipinski definition) is 2. The van der Waals surface area contributed by atoms with Gasteiger partial charge in [-0.2, -0.15) is 0 Å². The Balaban J connectivity index is 1.49. The van der Waals surface area contributed by atoms with Crippen molar-refractivity contribution in [2.75, 3.05) is 5.01 Å². The number of carbonyl (C=O) groups is 2. The van der Waals surface area contributed by atoms with Crippen LogP contribution in [0.3, 0.4) is 0 Å². The number of benzene rings is 3. The van der Waals surface area contributed by atoms with Crippen molar-refractivity contribution in [3.8, 4) is 0 Å². The first-order valence-electron chi connectivity index (χ1n) is 10.0. The van der Waals surface area contributed by atoms with Gasteiger partial charge in [-0.15, -0.1) is 0 Å². The number of carbonyl (C=O) groups excluding carboxylic acids is 2. The topological polar surface area (TPSA) is 82.0 Å². The van der Waals surface area contributed by atoms with Crippen LogP contribution in [-0.4, -0.2) is 29.1 Å². The highest BCUT2D eigenvalue weighted by Gasteiger charge is 2.32. The second-order valence-corrected chi connectivity index (χ2v) is 8.01. The van der Waals surface area contributed by atoms with E-state index in [2.05, 4.69) is 10.4 Å². The van der Waals surface area contributed by atoms with Crippen molar-refractivity contribution in [1.29, 1.82) is 0 Å². The van der Waals surface area contributed by atoms with Gasteiger partial charge in [0.2, 0.25) is 0 Å². The molecule has 0 bridgehead atoms. The summed E-state index contributed by atoms with van der Waals surface area (Å²) in [6.45, 7) is 1.82. The Hall–Kier alpha value is -3.74. The molecule has 3 aromatic rings. The number of aliphatic hydroxyl groups excluding tert-OH is 1. The van der Waals surface area contributed by atoms with Crippen molar-refractivity contribution >= 4 is 40.8 Å². The molecular formula is C25H18ClN3O3. The van der Waals surface area contributed by atoms with E-state index in [4.69, 9.17) is 11.6 Å². The molecule has 158 valence electrons.